The van der Waals surface area contributed by atoms with Gasteiger partial charge in [-0.05, 0) is 12.1 Å². The molecule has 6 N–H and O–H groups in total. The molecule has 0 aliphatic carbocycles. The molecule has 3 rings (SSSR count). The van der Waals surface area contributed by atoms with Crippen LogP contribution in [-0.4, -0.2) is 42.2 Å². The summed E-state index contributed by atoms with van der Waals surface area (Å²) in [5.41, 5.74) is -2.19. The average molecular weight is 382 g/mol. The first-order chi connectivity index (χ1) is 13.3. The first kappa shape index (κ1) is 18.6. The average Bonchev–Trinajstić information content (AvgIpc) is 2.69. The number of ketones is 2. The zero-order chi connectivity index (χ0) is 20.6. The molecule has 0 bridgehead atoms. The normalized spacial score (nSPS) is 10.6. The van der Waals surface area contributed by atoms with E-state index in [1.807, 2.05) is 0 Å². The van der Waals surface area contributed by atoms with Gasteiger partial charge in [0.1, 0.15) is 16.9 Å². The number of phenolic OH excluding ortho intramolecular Hbond substituents is 6. The summed E-state index contributed by atoms with van der Waals surface area (Å²) in [4.78, 5) is 25.4. The molecule has 0 spiro atoms. The lowest BCUT2D eigenvalue weighted by Gasteiger charge is -2.15. The van der Waals surface area contributed by atoms with Crippen molar-refractivity contribution in [3.63, 3.8) is 0 Å². The Labute approximate surface area is 157 Å². The van der Waals surface area contributed by atoms with Crippen molar-refractivity contribution in [2.24, 2.45) is 0 Å². The number of aromatic hydroxyl groups is 6. The van der Waals surface area contributed by atoms with Crippen molar-refractivity contribution in [1.29, 1.82) is 0 Å². The molecule has 0 saturated carbocycles. The van der Waals surface area contributed by atoms with Crippen LogP contribution in [0.25, 0.3) is 0 Å². The van der Waals surface area contributed by atoms with Crippen LogP contribution in [0.15, 0.2) is 48.5 Å². The van der Waals surface area contributed by atoms with Crippen LogP contribution < -0.4 is 0 Å². The Balaban J connectivity index is 2.26. The number of carbonyl (C=O) groups excluding carboxylic acids is 2. The van der Waals surface area contributed by atoms with Crippen LogP contribution in [0.4, 0.5) is 0 Å². The summed E-state index contributed by atoms with van der Waals surface area (Å²) < 4.78 is 0. The van der Waals surface area contributed by atoms with Gasteiger partial charge in [0.2, 0.25) is 17.3 Å². The van der Waals surface area contributed by atoms with E-state index in [1.54, 1.807) is 6.07 Å². The Kier molecular flexibility index (Phi) is 4.54. The van der Waals surface area contributed by atoms with Crippen molar-refractivity contribution >= 4 is 11.6 Å². The maximum atomic E-state index is 12.7. The lowest BCUT2D eigenvalue weighted by atomic mass is 9.93. The summed E-state index contributed by atoms with van der Waals surface area (Å²) in [5, 5.41) is 60.1. The van der Waals surface area contributed by atoms with E-state index in [0.29, 0.717) is 0 Å². The van der Waals surface area contributed by atoms with Crippen molar-refractivity contribution in [3.8, 4) is 34.5 Å². The molecule has 28 heavy (non-hydrogen) atoms. The Bertz CT molecular complexity index is 1100. The quantitative estimate of drug-likeness (QED) is 0.228. The second kappa shape index (κ2) is 6.84. The number of carbonyl (C=O) groups is 2. The number of benzene rings is 3. The van der Waals surface area contributed by atoms with E-state index in [9.17, 15) is 40.2 Å². The minimum Gasteiger partial charge on any atom is -0.506 e. The second-order valence-electron chi connectivity index (χ2n) is 5.84. The molecule has 0 amide bonds. The van der Waals surface area contributed by atoms with E-state index >= 15 is 0 Å². The predicted octanol–water partition coefficient (Wildman–Crippen LogP) is 2.38. The number of phenols is 6. The smallest absolute Gasteiger partial charge is 0.204 e. The van der Waals surface area contributed by atoms with Crippen LogP contribution in [0.3, 0.4) is 0 Å². The third-order valence-electron chi connectivity index (χ3n) is 4.15. The second-order valence-corrected chi connectivity index (χ2v) is 5.84. The van der Waals surface area contributed by atoms with E-state index in [1.165, 1.54) is 30.3 Å². The molecule has 0 heterocycles. The molecule has 0 radical (unpaired) electrons. The number of hydrogen-bond acceptors (Lipinski definition) is 8. The standard InChI is InChI=1S/C20H14O8/c21-11-8-4-7-10(15(11)23)16(24)13-17(25)12(18(26)20(28)19(13)27)14(22)9-5-2-1-3-6-9/h1-8,21,23,25-28H. The minimum absolute atomic E-state index is 0.0387. The van der Waals surface area contributed by atoms with E-state index in [-0.39, 0.29) is 5.56 Å². The van der Waals surface area contributed by atoms with Crippen molar-refractivity contribution in [3.05, 3.63) is 70.8 Å². The van der Waals surface area contributed by atoms with Gasteiger partial charge in [-0.15, -0.1) is 0 Å². The van der Waals surface area contributed by atoms with E-state index < -0.39 is 62.8 Å². The molecular formula is C20H14O8. The van der Waals surface area contributed by atoms with Crippen LogP contribution in [0.5, 0.6) is 34.5 Å². The van der Waals surface area contributed by atoms with Gasteiger partial charge in [-0.25, -0.2) is 0 Å². The summed E-state index contributed by atoms with van der Waals surface area (Å²) >= 11 is 0. The molecule has 0 aliphatic rings. The zero-order valence-electron chi connectivity index (χ0n) is 14.1. The molecule has 3 aromatic carbocycles. The molecule has 0 unspecified atom stereocenters. The number of para-hydroxylation sites is 1. The minimum atomic E-state index is -1.19. The molecule has 8 nitrogen and oxygen atoms in total. The molecule has 0 saturated heterocycles. The molecule has 3 aromatic rings. The van der Waals surface area contributed by atoms with Crippen molar-refractivity contribution in [2.45, 2.75) is 0 Å². The molecule has 0 atom stereocenters. The summed E-state index contributed by atoms with van der Waals surface area (Å²) in [6.45, 7) is 0. The van der Waals surface area contributed by atoms with Crippen molar-refractivity contribution in [2.75, 3.05) is 0 Å². The van der Waals surface area contributed by atoms with Gasteiger partial charge in [0.15, 0.2) is 23.0 Å². The third kappa shape index (κ3) is 2.82. The Morgan fingerprint density at radius 3 is 1.71 bits per heavy atom. The van der Waals surface area contributed by atoms with Gasteiger partial charge >= 0.3 is 0 Å². The first-order valence-corrected chi connectivity index (χ1v) is 7.90. The SMILES string of the molecule is O=C(c1ccccc1)c1c(O)c(O)c(O)c(C(=O)c2cccc(O)c2O)c1O. The van der Waals surface area contributed by atoms with Gasteiger partial charge in [0, 0.05) is 5.56 Å². The highest BCUT2D eigenvalue weighted by Gasteiger charge is 2.32. The molecule has 0 aliphatic heterocycles. The van der Waals surface area contributed by atoms with E-state index in [2.05, 4.69) is 0 Å². The molecule has 142 valence electrons. The monoisotopic (exact) mass is 382 g/mol. The number of hydrogen-bond donors (Lipinski definition) is 6. The van der Waals surface area contributed by atoms with E-state index in [4.69, 9.17) is 0 Å². The molecule has 8 heteroatoms. The summed E-state index contributed by atoms with van der Waals surface area (Å²) in [5.74, 6) is -8.15. The fraction of sp³-hybridized carbons (Fsp3) is 0. The molecule has 0 aromatic heterocycles. The Hall–Kier alpha value is -4.20. The van der Waals surface area contributed by atoms with Gasteiger partial charge in [-0.3, -0.25) is 9.59 Å². The van der Waals surface area contributed by atoms with Crippen LogP contribution >= 0.6 is 0 Å². The lowest BCUT2D eigenvalue weighted by Crippen LogP contribution is -2.08. The maximum absolute atomic E-state index is 12.7. The van der Waals surface area contributed by atoms with Gasteiger partial charge < -0.3 is 30.6 Å². The lowest BCUT2D eigenvalue weighted by molar-refractivity contribution is 0.102. The molecule has 0 fully saturated rings. The largest absolute Gasteiger partial charge is 0.506 e. The van der Waals surface area contributed by atoms with Crippen molar-refractivity contribution < 1.29 is 40.2 Å². The maximum Gasteiger partial charge on any atom is 0.204 e. The fourth-order valence-corrected chi connectivity index (χ4v) is 2.71. The van der Waals surface area contributed by atoms with Crippen LogP contribution in [0.1, 0.15) is 31.8 Å². The Morgan fingerprint density at radius 1 is 0.536 bits per heavy atom. The highest BCUT2D eigenvalue weighted by atomic mass is 16.3. The van der Waals surface area contributed by atoms with Gasteiger partial charge in [-0.2, -0.15) is 0 Å². The Morgan fingerprint density at radius 2 is 1.11 bits per heavy atom. The van der Waals surface area contributed by atoms with Gasteiger partial charge in [0.05, 0.1) is 5.56 Å². The van der Waals surface area contributed by atoms with Gasteiger partial charge in [-0.1, -0.05) is 36.4 Å². The highest BCUT2D eigenvalue weighted by Crippen LogP contribution is 2.48. The third-order valence-corrected chi connectivity index (χ3v) is 4.15. The topological polar surface area (TPSA) is 156 Å². The zero-order valence-corrected chi connectivity index (χ0v) is 14.1. The number of rotatable bonds is 4. The fourth-order valence-electron chi connectivity index (χ4n) is 2.71. The summed E-state index contributed by atoms with van der Waals surface area (Å²) in [7, 11) is 0. The summed E-state index contributed by atoms with van der Waals surface area (Å²) in [6.07, 6.45) is 0. The van der Waals surface area contributed by atoms with Crippen molar-refractivity contribution in [1.82, 2.24) is 0 Å². The van der Waals surface area contributed by atoms with Crippen LogP contribution in [0.2, 0.25) is 0 Å². The van der Waals surface area contributed by atoms with Gasteiger partial charge in [0.25, 0.3) is 0 Å². The highest BCUT2D eigenvalue weighted by molar-refractivity contribution is 6.20. The summed E-state index contributed by atoms with van der Waals surface area (Å²) in [6, 6.07) is 10.9. The van der Waals surface area contributed by atoms with E-state index in [0.717, 1.165) is 12.1 Å². The predicted molar refractivity (Wildman–Crippen MR) is 96.2 cm³/mol. The molecular weight excluding hydrogens is 368 g/mol. The first-order valence-electron chi connectivity index (χ1n) is 7.90. The van der Waals surface area contributed by atoms with Crippen LogP contribution in [0, 0.1) is 0 Å². The van der Waals surface area contributed by atoms with Crippen LogP contribution in [-0.2, 0) is 0 Å².